The summed E-state index contributed by atoms with van der Waals surface area (Å²) in [6.45, 7) is 4.94. The van der Waals surface area contributed by atoms with Gasteiger partial charge in [0.1, 0.15) is 0 Å². The maximum Gasteiger partial charge on any atom is 0.168 e. The number of hydrogen-bond donors (Lipinski definition) is 2. The van der Waals surface area contributed by atoms with E-state index in [0.29, 0.717) is 13.1 Å². The second-order valence-electron chi connectivity index (χ2n) is 11.7. The molecule has 0 bridgehead atoms. The van der Waals surface area contributed by atoms with Crippen molar-refractivity contribution in [2.75, 3.05) is 26.2 Å². The molecule has 2 aliphatic heterocycles. The highest BCUT2D eigenvalue weighted by molar-refractivity contribution is 6.08. The van der Waals surface area contributed by atoms with Gasteiger partial charge in [-0.25, -0.2) is 9.97 Å². The van der Waals surface area contributed by atoms with Gasteiger partial charge in [-0.1, -0.05) is 36.4 Å². The lowest BCUT2D eigenvalue weighted by Crippen LogP contribution is -2.32. The summed E-state index contributed by atoms with van der Waals surface area (Å²) in [6.07, 6.45) is 7.23. The smallest absolute Gasteiger partial charge is 0.168 e. The first-order chi connectivity index (χ1) is 20.7. The van der Waals surface area contributed by atoms with Crippen molar-refractivity contribution >= 4 is 33.6 Å². The van der Waals surface area contributed by atoms with Gasteiger partial charge < -0.3 is 19.8 Å². The number of para-hydroxylation sites is 2. The average molecular weight is 561 g/mol. The molecule has 0 spiro atoms. The zero-order valence-electron chi connectivity index (χ0n) is 23.8. The number of benzene rings is 3. The molecular weight excluding hydrogens is 524 g/mol. The Labute approximate surface area is 245 Å². The third-order valence-corrected chi connectivity index (χ3v) is 8.98. The number of carbonyl (C=O) groups excluding carboxylic acids is 2. The monoisotopic (exact) mass is 560 g/mol. The Bertz CT molecular complexity index is 1610. The van der Waals surface area contributed by atoms with Crippen molar-refractivity contribution in [3.8, 4) is 0 Å². The first-order valence-electron chi connectivity index (χ1n) is 15.1. The number of piperidine rings is 2. The fourth-order valence-electron chi connectivity index (χ4n) is 6.58. The minimum absolute atomic E-state index is 0.0729. The highest BCUT2D eigenvalue weighted by Gasteiger charge is 2.26. The molecule has 0 amide bonds. The minimum Gasteiger partial charge on any atom is -0.326 e. The highest BCUT2D eigenvalue weighted by atomic mass is 16.1. The molecule has 2 saturated heterocycles. The van der Waals surface area contributed by atoms with Crippen molar-refractivity contribution < 1.29 is 9.59 Å². The zero-order valence-corrected chi connectivity index (χ0v) is 23.8. The van der Waals surface area contributed by atoms with Crippen LogP contribution in [0.2, 0.25) is 0 Å². The summed E-state index contributed by atoms with van der Waals surface area (Å²) in [7, 11) is 0. The quantitative estimate of drug-likeness (QED) is 0.264. The number of fused-ring (bicyclic) bond motifs is 2. The fraction of sp³-hybridized carbons (Fsp3) is 0.353. The van der Waals surface area contributed by atoms with E-state index in [1.807, 2.05) is 49.1 Å². The van der Waals surface area contributed by atoms with Crippen LogP contribution in [0.5, 0.6) is 0 Å². The number of imidazole rings is 2. The van der Waals surface area contributed by atoms with Gasteiger partial charge in [0.05, 0.1) is 34.7 Å². The molecule has 2 fully saturated rings. The third kappa shape index (κ3) is 5.16. The molecule has 3 aromatic carbocycles. The molecule has 0 unspecified atom stereocenters. The van der Waals surface area contributed by atoms with Gasteiger partial charge in [0.2, 0.25) is 0 Å². The fourth-order valence-corrected chi connectivity index (χ4v) is 6.58. The van der Waals surface area contributed by atoms with Gasteiger partial charge >= 0.3 is 0 Å². The van der Waals surface area contributed by atoms with Crippen LogP contribution in [0.4, 0.5) is 0 Å². The molecule has 4 heterocycles. The first-order valence-corrected chi connectivity index (χ1v) is 15.1. The molecule has 5 aromatic rings. The van der Waals surface area contributed by atoms with Crippen LogP contribution in [0, 0.1) is 11.8 Å². The van der Waals surface area contributed by atoms with Gasteiger partial charge in [-0.2, -0.15) is 0 Å². The molecule has 2 N–H and O–H groups in total. The standard InChI is InChI=1S/C34H36N6O2/c41-33(25-11-15-35-16-12-25)27-3-1-5-29-31(27)37-21-39(29)19-23-7-9-24(10-8-23)20-40-22-38-32-28(4-2-6-30(32)40)34(42)26-13-17-36-18-14-26/h1-10,21-22,25-26,35-36H,11-20H2. The normalized spacial score (nSPS) is 16.8. The van der Waals surface area contributed by atoms with Crippen molar-refractivity contribution in [1.29, 1.82) is 0 Å². The van der Waals surface area contributed by atoms with E-state index >= 15 is 0 Å². The first kappa shape index (κ1) is 26.7. The van der Waals surface area contributed by atoms with E-state index in [4.69, 9.17) is 0 Å². The molecule has 8 nitrogen and oxygen atoms in total. The van der Waals surface area contributed by atoms with Crippen molar-refractivity contribution in [2.24, 2.45) is 11.8 Å². The molecule has 0 saturated carbocycles. The highest BCUT2D eigenvalue weighted by Crippen LogP contribution is 2.26. The third-order valence-electron chi connectivity index (χ3n) is 8.98. The van der Waals surface area contributed by atoms with E-state index in [0.717, 1.165) is 85.1 Å². The second-order valence-corrected chi connectivity index (χ2v) is 11.7. The number of aromatic nitrogens is 4. The molecule has 214 valence electrons. The van der Waals surface area contributed by atoms with Gasteiger partial charge in [0.25, 0.3) is 0 Å². The summed E-state index contributed by atoms with van der Waals surface area (Å²) in [5.74, 6) is 0.574. The maximum atomic E-state index is 13.3. The summed E-state index contributed by atoms with van der Waals surface area (Å²) >= 11 is 0. The number of nitrogens with zero attached hydrogens (tertiary/aromatic N) is 4. The van der Waals surface area contributed by atoms with Crippen LogP contribution in [0.1, 0.15) is 57.5 Å². The van der Waals surface area contributed by atoms with E-state index in [1.165, 1.54) is 11.1 Å². The van der Waals surface area contributed by atoms with Gasteiger partial charge in [-0.05, 0) is 87.3 Å². The summed E-state index contributed by atoms with van der Waals surface area (Å²) < 4.78 is 4.24. The van der Waals surface area contributed by atoms with Crippen LogP contribution < -0.4 is 10.6 Å². The number of Topliss-reactive ketones (excluding diaryl/α,β-unsaturated/α-hetero) is 2. The van der Waals surface area contributed by atoms with Crippen LogP contribution >= 0.6 is 0 Å². The van der Waals surface area contributed by atoms with Crippen LogP contribution in [-0.2, 0) is 13.1 Å². The van der Waals surface area contributed by atoms with Crippen molar-refractivity contribution in [3.05, 3.63) is 95.6 Å². The number of nitrogens with one attached hydrogen (secondary N) is 2. The largest absolute Gasteiger partial charge is 0.326 e. The van der Waals surface area contributed by atoms with E-state index in [2.05, 4.69) is 54.0 Å². The minimum atomic E-state index is 0.0729. The number of rotatable bonds is 8. The van der Waals surface area contributed by atoms with Crippen molar-refractivity contribution in [1.82, 2.24) is 29.7 Å². The van der Waals surface area contributed by atoms with Gasteiger partial charge in [0.15, 0.2) is 11.6 Å². The Morgan fingerprint density at radius 3 is 1.43 bits per heavy atom. The summed E-state index contributed by atoms with van der Waals surface area (Å²) in [6, 6.07) is 20.5. The Kier molecular flexibility index (Phi) is 7.40. The number of carbonyl (C=O) groups is 2. The van der Waals surface area contributed by atoms with Gasteiger partial charge in [0, 0.05) is 36.1 Å². The molecular formula is C34H36N6O2. The van der Waals surface area contributed by atoms with Gasteiger partial charge in [-0.3, -0.25) is 9.59 Å². The second kappa shape index (κ2) is 11.6. The Morgan fingerprint density at radius 2 is 1.02 bits per heavy atom. The predicted octanol–water partition coefficient (Wildman–Crippen LogP) is 4.85. The maximum absolute atomic E-state index is 13.3. The SMILES string of the molecule is O=C(c1cccc2c1ncn2Cc1ccc(Cn2cnc3c(C(=O)C4CCNCC4)cccc32)cc1)C1CCNCC1. The summed E-state index contributed by atoms with van der Waals surface area (Å²) in [5, 5.41) is 6.68. The molecule has 7 rings (SSSR count). The van der Waals surface area contributed by atoms with Crippen LogP contribution in [0.15, 0.2) is 73.3 Å². The molecule has 2 aromatic heterocycles. The molecule has 8 heteroatoms. The van der Waals surface area contributed by atoms with E-state index in [1.54, 1.807) is 0 Å². The summed E-state index contributed by atoms with van der Waals surface area (Å²) in [5.41, 5.74) is 7.36. The molecule has 42 heavy (non-hydrogen) atoms. The topological polar surface area (TPSA) is 93.8 Å². The Morgan fingerprint density at radius 1 is 0.619 bits per heavy atom. The van der Waals surface area contributed by atoms with Crippen molar-refractivity contribution in [3.63, 3.8) is 0 Å². The van der Waals surface area contributed by atoms with Crippen LogP contribution in [-0.4, -0.2) is 56.8 Å². The zero-order chi connectivity index (χ0) is 28.5. The number of ketones is 2. The lowest BCUT2D eigenvalue weighted by atomic mass is 9.89. The molecule has 0 atom stereocenters. The lowest BCUT2D eigenvalue weighted by molar-refractivity contribution is 0.0889. The van der Waals surface area contributed by atoms with Gasteiger partial charge in [-0.15, -0.1) is 0 Å². The molecule has 0 radical (unpaired) electrons. The van der Waals surface area contributed by atoms with E-state index in [9.17, 15) is 9.59 Å². The van der Waals surface area contributed by atoms with Crippen LogP contribution in [0.3, 0.4) is 0 Å². The summed E-state index contributed by atoms with van der Waals surface area (Å²) in [4.78, 5) is 35.8. The Balaban J connectivity index is 1.07. The lowest BCUT2D eigenvalue weighted by Gasteiger charge is -2.21. The van der Waals surface area contributed by atoms with E-state index < -0.39 is 0 Å². The average Bonchev–Trinajstić information content (AvgIpc) is 3.66. The van der Waals surface area contributed by atoms with Crippen molar-refractivity contribution in [2.45, 2.75) is 38.8 Å². The number of hydrogen-bond acceptors (Lipinski definition) is 6. The molecule has 2 aliphatic rings. The van der Waals surface area contributed by atoms with Crippen LogP contribution in [0.25, 0.3) is 22.1 Å². The van der Waals surface area contributed by atoms with E-state index in [-0.39, 0.29) is 23.4 Å². The Hall–Kier alpha value is -4.14. The predicted molar refractivity (Wildman–Crippen MR) is 164 cm³/mol. The molecule has 0 aliphatic carbocycles.